The molecule has 2 saturated heterocycles. The van der Waals surface area contributed by atoms with Crippen molar-refractivity contribution < 1.29 is 59.9 Å². The molecule has 33 heavy (non-hydrogen) atoms. The fourth-order valence-corrected chi connectivity index (χ4v) is 3.84. The molecule has 0 aromatic heterocycles. The van der Waals surface area contributed by atoms with Gasteiger partial charge in [0.05, 0.1) is 13.2 Å². The fourth-order valence-electron chi connectivity index (χ4n) is 3.84. The highest BCUT2D eigenvalue weighted by Crippen LogP contribution is 2.41. The van der Waals surface area contributed by atoms with E-state index in [1.165, 1.54) is 6.08 Å². The van der Waals surface area contributed by atoms with Crippen LogP contribution >= 0.6 is 0 Å². The average molecular weight is 472 g/mol. The number of ketones is 1. The highest BCUT2D eigenvalue weighted by atomic mass is 16.8. The molecule has 2 heterocycles. The van der Waals surface area contributed by atoms with Gasteiger partial charge in [-0.15, -0.1) is 0 Å². The predicted octanol–water partition coefficient (Wildman–Crippen LogP) is -3.74. The van der Waals surface area contributed by atoms with Crippen LogP contribution in [0.3, 0.4) is 0 Å². The van der Waals surface area contributed by atoms with Crippen LogP contribution in [-0.4, -0.2) is 121 Å². The Labute approximate surface area is 188 Å². The third kappa shape index (κ3) is 4.60. The molecule has 0 amide bonds. The highest BCUT2D eigenvalue weighted by Gasteiger charge is 2.65. The van der Waals surface area contributed by atoms with Gasteiger partial charge in [0, 0.05) is 0 Å². The van der Waals surface area contributed by atoms with E-state index in [0.717, 1.165) is 6.08 Å². The Kier molecular flexibility index (Phi) is 7.99. The molecule has 0 radical (unpaired) electrons. The van der Waals surface area contributed by atoms with E-state index >= 15 is 0 Å². The first-order valence-corrected chi connectivity index (χ1v) is 10.2. The second-order valence-corrected chi connectivity index (χ2v) is 7.89. The second kappa shape index (κ2) is 10.2. The summed E-state index contributed by atoms with van der Waals surface area (Å²) in [5.74, 6) is -6.61. The molecule has 0 bridgehead atoms. The minimum absolute atomic E-state index is 0.565. The summed E-state index contributed by atoms with van der Waals surface area (Å²) in [6.45, 7) is -2.86. The summed E-state index contributed by atoms with van der Waals surface area (Å²) in [5.41, 5.74) is 0.565. The molecule has 1 aromatic rings. The van der Waals surface area contributed by atoms with E-state index in [-0.39, 0.29) is 0 Å². The number of benzene rings is 1. The van der Waals surface area contributed by atoms with Crippen LogP contribution in [0.1, 0.15) is 5.56 Å². The SMILES string of the molecule is O=C(/C=C/c1ccccc1)[C@@]1(OC2(CO)O[C@H](CO)[C@@H](O)[C@@H]2O)O[C@H](CO)[C@@H](O)[C@H](O)[C@H]1O. The van der Waals surface area contributed by atoms with Crippen LogP contribution < -0.4 is 0 Å². The summed E-state index contributed by atoms with van der Waals surface area (Å²) in [5, 5.41) is 80.7. The van der Waals surface area contributed by atoms with Crippen LogP contribution in [0.4, 0.5) is 0 Å². The highest BCUT2D eigenvalue weighted by molar-refractivity contribution is 5.99. The van der Waals surface area contributed by atoms with E-state index in [0.29, 0.717) is 5.56 Å². The number of hydrogen-bond acceptors (Lipinski definition) is 12. The molecule has 12 nitrogen and oxygen atoms in total. The maximum Gasteiger partial charge on any atom is 0.265 e. The van der Waals surface area contributed by atoms with Crippen molar-refractivity contribution in [1.29, 1.82) is 0 Å². The van der Waals surface area contributed by atoms with Gasteiger partial charge in [0.15, 0.2) is 0 Å². The Bertz CT molecular complexity index is 832. The van der Waals surface area contributed by atoms with Gasteiger partial charge in [-0.25, -0.2) is 0 Å². The molecule has 1 unspecified atom stereocenters. The van der Waals surface area contributed by atoms with Gasteiger partial charge in [-0.05, 0) is 11.6 Å². The van der Waals surface area contributed by atoms with Gasteiger partial charge in [-0.2, -0.15) is 0 Å². The molecule has 2 aliphatic rings. The summed E-state index contributed by atoms with van der Waals surface area (Å²) < 4.78 is 16.3. The van der Waals surface area contributed by atoms with Gasteiger partial charge in [-0.1, -0.05) is 36.4 Å². The van der Waals surface area contributed by atoms with Gasteiger partial charge in [-0.3, -0.25) is 4.79 Å². The van der Waals surface area contributed by atoms with Crippen LogP contribution in [0.25, 0.3) is 6.08 Å². The molecule has 0 spiro atoms. The summed E-state index contributed by atoms with van der Waals surface area (Å²) in [7, 11) is 0. The van der Waals surface area contributed by atoms with Crippen LogP contribution in [0.5, 0.6) is 0 Å². The number of carbonyl (C=O) groups excluding carboxylic acids is 1. The maximum absolute atomic E-state index is 13.3. The molecule has 2 fully saturated rings. The van der Waals surface area contributed by atoms with Gasteiger partial charge in [0.25, 0.3) is 5.79 Å². The van der Waals surface area contributed by atoms with Gasteiger partial charge >= 0.3 is 0 Å². The Hall–Kier alpha value is -1.81. The van der Waals surface area contributed by atoms with Crippen molar-refractivity contribution in [2.75, 3.05) is 19.8 Å². The van der Waals surface area contributed by atoms with E-state index < -0.39 is 79.9 Å². The first kappa shape index (κ1) is 25.8. The Balaban J connectivity index is 2.05. The lowest BCUT2D eigenvalue weighted by atomic mass is 9.89. The topological polar surface area (TPSA) is 207 Å². The summed E-state index contributed by atoms with van der Waals surface area (Å²) in [6.07, 6.45) is -10.7. The smallest absolute Gasteiger partial charge is 0.265 e. The summed E-state index contributed by atoms with van der Waals surface area (Å²) >= 11 is 0. The Morgan fingerprint density at radius 2 is 1.48 bits per heavy atom. The minimum Gasteiger partial charge on any atom is -0.394 e. The van der Waals surface area contributed by atoms with E-state index in [1.54, 1.807) is 30.3 Å². The van der Waals surface area contributed by atoms with Crippen LogP contribution in [0, 0.1) is 0 Å². The minimum atomic E-state index is -2.90. The van der Waals surface area contributed by atoms with Crippen LogP contribution in [0.15, 0.2) is 36.4 Å². The van der Waals surface area contributed by atoms with Crippen molar-refractivity contribution in [3.05, 3.63) is 42.0 Å². The predicted molar refractivity (Wildman–Crippen MR) is 108 cm³/mol. The number of ether oxygens (including phenoxy) is 3. The molecule has 3 rings (SSSR count). The average Bonchev–Trinajstić information content (AvgIpc) is 3.08. The van der Waals surface area contributed by atoms with E-state index in [4.69, 9.17) is 14.2 Å². The zero-order valence-corrected chi connectivity index (χ0v) is 17.4. The molecule has 8 N–H and O–H groups in total. The van der Waals surface area contributed by atoms with Crippen LogP contribution in [-0.2, 0) is 19.0 Å². The van der Waals surface area contributed by atoms with E-state index in [1.807, 2.05) is 0 Å². The summed E-state index contributed by atoms with van der Waals surface area (Å²) in [4.78, 5) is 13.3. The number of rotatable bonds is 8. The zero-order chi connectivity index (χ0) is 24.4. The molecule has 2 aliphatic heterocycles. The van der Waals surface area contributed by atoms with E-state index in [2.05, 4.69) is 0 Å². The lowest BCUT2D eigenvalue weighted by Crippen LogP contribution is -2.72. The summed E-state index contributed by atoms with van der Waals surface area (Å²) in [6, 6.07) is 8.46. The molecular weight excluding hydrogens is 444 g/mol. The zero-order valence-electron chi connectivity index (χ0n) is 17.4. The van der Waals surface area contributed by atoms with Crippen molar-refractivity contribution in [3.63, 3.8) is 0 Å². The Morgan fingerprint density at radius 3 is 2.03 bits per heavy atom. The molecule has 0 saturated carbocycles. The quantitative estimate of drug-likeness (QED) is 0.172. The van der Waals surface area contributed by atoms with Gasteiger partial charge < -0.3 is 55.1 Å². The number of aliphatic hydroxyl groups excluding tert-OH is 8. The first-order valence-electron chi connectivity index (χ1n) is 10.2. The normalized spacial score (nSPS) is 41.5. The van der Waals surface area contributed by atoms with Crippen molar-refractivity contribution >= 4 is 11.9 Å². The maximum atomic E-state index is 13.3. The largest absolute Gasteiger partial charge is 0.394 e. The van der Waals surface area contributed by atoms with Crippen molar-refractivity contribution in [2.24, 2.45) is 0 Å². The van der Waals surface area contributed by atoms with Crippen molar-refractivity contribution in [3.8, 4) is 0 Å². The molecule has 0 aliphatic carbocycles. The van der Waals surface area contributed by atoms with Gasteiger partial charge in [0.1, 0.15) is 49.3 Å². The Morgan fingerprint density at radius 1 is 0.879 bits per heavy atom. The lowest BCUT2D eigenvalue weighted by Gasteiger charge is -2.49. The molecule has 12 heteroatoms. The third-order valence-corrected chi connectivity index (χ3v) is 5.75. The number of aliphatic hydroxyl groups is 8. The number of hydrogen-bond donors (Lipinski definition) is 8. The third-order valence-electron chi connectivity index (χ3n) is 5.75. The van der Waals surface area contributed by atoms with E-state index in [9.17, 15) is 45.6 Å². The van der Waals surface area contributed by atoms with Crippen molar-refractivity contribution in [1.82, 2.24) is 0 Å². The molecular formula is C21H28O12. The van der Waals surface area contributed by atoms with Gasteiger partial charge in [0.2, 0.25) is 11.6 Å². The fraction of sp³-hybridized carbons (Fsp3) is 0.571. The molecule has 9 atom stereocenters. The number of carbonyl (C=O) groups is 1. The van der Waals surface area contributed by atoms with Crippen LogP contribution in [0.2, 0.25) is 0 Å². The first-order chi connectivity index (χ1) is 15.7. The lowest BCUT2D eigenvalue weighted by molar-refractivity contribution is -0.415. The second-order valence-electron chi connectivity index (χ2n) is 7.89. The van der Waals surface area contributed by atoms with Crippen molar-refractivity contribution in [2.45, 2.75) is 54.3 Å². The standard InChI is InChI=1S/C21H28O12/c22-8-12-15(26)17(28)19(30)21(32-12,14(25)7-6-11-4-2-1-3-5-11)33-20(10-24)18(29)16(27)13(9-23)31-20/h1-7,12-13,15-19,22-24,26-30H,8-10H2/b7-6+/t12-,13-,15-,16-,17+,18+,19-,20?,21+/m1/s1. The monoisotopic (exact) mass is 472 g/mol. The molecule has 1 aromatic carbocycles. The molecule has 184 valence electrons.